The standard InChI is InChI=1S/C17H27F2NO6.C17H27NO7.3CH4/c1-8-24-12(21)17(9-10(17)11(18)19)20(13(22)25-15(2,3)4)14(23)26-16(5,6)7;1-8-23-12(20)17(9-11(17)10-19)18(13(21)24-15(2,3)4)14(22)25-16(5,6)7;;;/h10-11H,8-9H2,1-7H3;10-11H,8-9H2,1-7H3;3*1H4/t10-,17+;11-,17+;;;/m00.../s1. The van der Waals surface area contributed by atoms with Crippen LogP contribution in [0.2, 0.25) is 0 Å². The lowest BCUT2D eigenvalue weighted by Gasteiger charge is -2.33. The van der Waals surface area contributed by atoms with E-state index in [0.717, 1.165) is 0 Å². The van der Waals surface area contributed by atoms with Gasteiger partial charge in [-0.05, 0) is 110 Å². The summed E-state index contributed by atoms with van der Waals surface area (Å²) in [6.45, 7) is 22.1. The van der Waals surface area contributed by atoms with Crippen molar-refractivity contribution in [2.45, 2.75) is 172 Å². The highest BCUT2D eigenvalue weighted by Crippen LogP contribution is 2.54. The van der Waals surface area contributed by atoms with Gasteiger partial charge in [-0.1, -0.05) is 22.3 Å². The minimum absolute atomic E-state index is 0. The average molecular weight is 785 g/mol. The Balaban J connectivity index is -0.000000913. The number of carbonyl (C=O) groups excluding carboxylic acids is 7. The molecule has 2 fully saturated rings. The lowest BCUT2D eigenvalue weighted by molar-refractivity contribution is -0.153. The Bertz CT molecular complexity index is 1270. The van der Waals surface area contributed by atoms with Crippen molar-refractivity contribution in [1.29, 1.82) is 0 Å². The number of alkyl halides is 2. The quantitative estimate of drug-likeness (QED) is 0.130. The van der Waals surface area contributed by atoms with Gasteiger partial charge < -0.3 is 33.2 Å². The molecule has 4 atom stereocenters. The molecule has 0 aliphatic heterocycles. The number of aldehydes is 1. The summed E-state index contributed by atoms with van der Waals surface area (Å²) in [6.07, 6.45) is -7.41. The van der Waals surface area contributed by atoms with E-state index in [1.54, 1.807) is 90.0 Å². The largest absolute Gasteiger partial charge is 0.464 e. The van der Waals surface area contributed by atoms with Crippen LogP contribution in [0.15, 0.2) is 0 Å². The molecule has 54 heavy (non-hydrogen) atoms. The first-order chi connectivity index (χ1) is 22.9. The fourth-order valence-corrected chi connectivity index (χ4v) is 4.72. The molecule has 316 valence electrons. The highest BCUT2D eigenvalue weighted by atomic mass is 19.3. The van der Waals surface area contributed by atoms with Gasteiger partial charge >= 0.3 is 36.3 Å². The van der Waals surface area contributed by atoms with Gasteiger partial charge in [0, 0.05) is 0 Å². The number of rotatable bonds is 8. The molecule has 2 rings (SSSR count). The van der Waals surface area contributed by atoms with Gasteiger partial charge in [-0.3, -0.25) is 0 Å². The summed E-state index contributed by atoms with van der Waals surface area (Å²) in [4.78, 5) is 87.5. The van der Waals surface area contributed by atoms with Crippen LogP contribution < -0.4 is 0 Å². The highest BCUT2D eigenvalue weighted by Gasteiger charge is 2.73. The molecule has 2 aliphatic rings. The smallest absolute Gasteiger partial charge is 0.420 e. The Morgan fingerprint density at radius 3 is 1.07 bits per heavy atom. The summed E-state index contributed by atoms with van der Waals surface area (Å²) >= 11 is 0. The van der Waals surface area contributed by atoms with Crippen molar-refractivity contribution < 1.29 is 70.8 Å². The second kappa shape index (κ2) is 19.5. The van der Waals surface area contributed by atoms with Gasteiger partial charge in [-0.15, -0.1) is 0 Å². The van der Waals surface area contributed by atoms with Crippen molar-refractivity contribution in [1.82, 2.24) is 9.80 Å². The van der Waals surface area contributed by atoms with Gasteiger partial charge in [-0.2, -0.15) is 9.80 Å². The van der Waals surface area contributed by atoms with Gasteiger partial charge in [0.05, 0.1) is 25.0 Å². The van der Waals surface area contributed by atoms with E-state index in [2.05, 4.69) is 0 Å². The number of esters is 2. The Labute approximate surface area is 320 Å². The molecule has 0 spiro atoms. The van der Waals surface area contributed by atoms with Crippen LogP contribution in [0.3, 0.4) is 0 Å². The van der Waals surface area contributed by atoms with Crippen LogP contribution >= 0.6 is 0 Å². The first-order valence-corrected chi connectivity index (χ1v) is 16.5. The molecule has 15 nitrogen and oxygen atoms in total. The Hall–Kier alpha value is -4.05. The third-order valence-electron chi connectivity index (χ3n) is 6.80. The minimum Gasteiger partial charge on any atom is -0.464 e. The molecule has 0 aromatic carbocycles. The van der Waals surface area contributed by atoms with E-state index >= 15 is 0 Å². The second-order valence-corrected chi connectivity index (χ2v) is 16.0. The number of halogens is 2. The van der Waals surface area contributed by atoms with E-state index < -0.39 is 94.5 Å². The molecule has 0 saturated heterocycles. The zero-order chi connectivity index (χ0) is 40.1. The molecule has 0 N–H and O–H groups in total. The van der Waals surface area contributed by atoms with Crippen molar-refractivity contribution in [3.05, 3.63) is 0 Å². The van der Waals surface area contributed by atoms with Gasteiger partial charge in [0.2, 0.25) is 6.43 Å². The summed E-state index contributed by atoms with van der Waals surface area (Å²) in [7, 11) is 0. The lowest BCUT2D eigenvalue weighted by Crippen LogP contribution is -2.55. The monoisotopic (exact) mass is 784 g/mol. The molecule has 0 bridgehead atoms. The van der Waals surface area contributed by atoms with E-state index in [1.165, 1.54) is 6.92 Å². The van der Waals surface area contributed by atoms with Gasteiger partial charge in [0.15, 0.2) is 11.1 Å². The van der Waals surface area contributed by atoms with Crippen molar-refractivity contribution in [2.75, 3.05) is 13.2 Å². The Kier molecular flexibility index (Phi) is 19.6. The summed E-state index contributed by atoms with van der Waals surface area (Å²) in [5.74, 6) is -4.31. The van der Waals surface area contributed by atoms with Crippen LogP contribution in [-0.4, -0.2) is 106 Å². The molecule has 0 unspecified atom stereocenters. The van der Waals surface area contributed by atoms with Crippen LogP contribution in [-0.2, 0) is 42.8 Å². The topological polar surface area (TPSA) is 181 Å². The molecule has 2 aliphatic carbocycles. The first kappa shape index (κ1) is 54.3. The molecule has 4 amide bonds. The van der Waals surface area contributed by atoms with Gasteiger partial charge in [0.25, 0.3) is 0 Å². The molecule has 0 aromatic heterocycles. The van der Waals surface area contributed by atoms with E-state index in [0.29, 0.717) is 16.1 Å². The highest BCUT2D eigenvalue weighted by molar-refractivity contribution is 6.02. The van der Waals surface area contributed by atoms with Crippen molar-refractivity contribution in [2.24, 2.45) is 11.8 Å². The summed E-state index contributed by atoms with van der Waals surface area (Å²) in [5, 5.41) is 0. The van der Waals surface area contributed by atoms with E-state index in [1.807, 2.05) is 0 Å². The molecule has 0 aromatic rings. The predicted molar refractivity (Wildman–Crippen MR) is 196 cm³/mol. The van der Waals surface area contributed by atoms with Crippen molar-refractivity contribution >= 4 is 42.6 Å². The summed E-state index contributed by atoms with van der Waals surface area (Å²) < 4.78 is 57.3. The number of imide groups is 2. The Morgan fingerprint density at radius 2 is 0.870 bits per heavy atom. The fourth-order valence-electron chi connectivity index (χ4n) is 4.72. The zero-order valence-electron chi connectivity index (χ0n) is 32.1. The number of hydrogen-bond donors (Lipinski definition) is 0. The van der Waals surface area contributed by atoms with Gasteiger partial charge in [-0.25, -0.2) is 37.5 Å². The van der Waals surface area contributed by atoms with Gasteiger partial charge in [0.1, 0.15) is 28.7 Å². The van der Waals surface area contributed by atoms with E-state index in [9.17, 15) is 42.3 Å². The van der Waals surface area contributed by atoms with Crippen LogP contribution in [0.5, 0.6) is 0 Å². The third kappa shape index (κ3) is 14.3. The van der Waals surface area contributed by atoms with E-state index in [4.69, 9.17) is 28.4 Å². The third-order valence-corrected chi connectivity index (χ3v) is 6.80. The number of nitrogens with zero attached hydrogens (tertiary/aromatic N) is 2. The lowest BCUT2D eigenvalue weighted by atomic mass is 10.1. The SMILES string of the molecule is C.C.C.CCOC(=O)[C@@]1(N(C(=O)OC(C)(C)C)C(=O)OC(C)(C)C)C[C@H]1C(F)F.CCOC(=O)[C@@]1(N(C(=O)OC(C)(C)C)C(=O)OC(C)(C)C)C[C@H]1C=O. The molecule has 17 heteroatoms. The number of carbonyl (C=O) groups is 7. The zero-order valence-corrected chi connectivity index (χ0v) is 32.1. The maximum Gasteiger partial charge on any atom is 0.420 e. The van der Waals surface area contributed by atoms with Crippen LogP contribution in [0.1, 0.15) is 132 Å². The van der Waals surface area contributed by atoms with Crippen LogP contribution in [0.25, 0.3) is 0 Å². The Morgan fingerprint density at radius 1 is 0.593 bits per heavy atom. The number of hydrogen-bond acceptors (Lipinski definition) is 13. The maximum atomic E-state index is 13.3. The minimum atomic E-state index is -2.92. The van der Waals surface area contributed by atoms with Crippen LogP contribution in [0, 0.1) is 11.8 Å². The molecular weight excluding hydrogens is 718 g/mol. The maximum absolute atomic E-state index is 13.3. The number of ether oxygens (including phenoxy) is 6. The molecule has 2 saturated carbocycles. The summed E-state index contributed by atoms with van der Waals surface area (Å²) in [6, 6.07) is 0. The first-order valence-electron chi connectivity index (χ1n) is 16.5. The normalized spacial score (nSPS) is 21.4. The molecule has 0 heterocycles. The summed E-state index contributed by atoms with van der Waals surface area (Å²) in [5.41, 5.74) is -7.68. The average Bonchev–Trinajstić information content (AvgIpc) is 3.80. The second-order valence-electron chi connectivity index (χ2n) is 16.0. The van der Waals surface area contributed by atoms with Crippen molar-refractivity contribution in [3.8, 4) is 0 Å². The molecule has 0 radical (unpaired) electrons. The van der Waals surface area contributed by atoms with E-state index in [-0.39, 0.29) is 41.9 Å². The predicted octanol–water partition coefficient (Wildman–Crippen LogP) is 8.33. The molecular formula is C37H66F2N2O13. The van der Waals surface area contributed by atoms with Crippen molar-refractivity contribution in [3.63, 3.8) is 0 Å². The fraction of sp³-hybridized carbons (Fsp3) is 0.811. The van der Waals surface area contributed by atoms with Crippen LogP contribution in [0.4, 0.5) is 28.0 Å². The number of amides is 4.